The van der Waals surface area contributed by atoms with Crippen molar-refractivity contribution in [2.24, 2.45) is 17.3 Å². The number of unbranched alkanes of at least 4 members (excludes halogenated alkanes) is 2. The van der Waals surface area contributed by atoms with Crippen LogP contribution in [-0.2, 0) is 14.4 Å². The lowest BCUT2D eigenvalue weighted by atomic mass is 9.93. The first-order valence-corrected chi connectivity index (χ1v) is 18.4. The monoisotopic (exact) mass is 673 g/mol. The van der Waals surface area contributed by atoms with Gasteiger partial charge in [0.1, 0.15) is 11.6 Å². The van der Waals surface area contributed by atoms with Crippen molar-refractivity contribution in [1.82, 2.24) is 15.0 Å². The van der Waals surface area contributed by atoms with E-state index in [-0.39, 0.29) is 11.1 Å². The molecule has 2 aromatic rings. The van der Waals surface area contributed by atoms with Crippen LogP contribution in [0.15, 0.2) is 47.1 Å². The first kappa shape index (κ1) is 38.7. The lowest BCUT2D eigenvalue weighted by molar-refractivity contribution is -0.171. The molecule has 3 rings (SSSR count). The highest BCUT2D eigenvalue weighted by Gasteiger charge is 2.42. The van der Waals surface area contributed by atoms with Gasteiger partial charge in [-0.25, -0.2) is 9.99 Å². The summed E-state index contributed by atoms with van der Waals surface area (Å²) in [7, 11) is 1.40. The van der Waals surface area contributed by atoms with Gasteiger partial charge >= 0.3 is 0 Å². The highest BCUT2D eigenvalue weighted by molar-refractivity contribution is 7.17. The number of nitriles is 1. The summed E-state index contributed by atoms with van der Waals surface area (Å²) in [6.45, 7) is 17.6. The zero-order valence-corrected chi connectivity index (χ0v) is 31.4. The Balaban J connectivity index is 2.22. The number of nitrogens with zero attached hydrogens (tertiary/aromatic N) is 5. The first-order valence-electron chi connectivity index (χ1n) is 17.6. The number of amides is 3. The maximum absolute atomic E-state index is 14.1. The van der Waals surface area contributed by atoms with Crippen molar-refractivity contribution in [3.05, 3.63) is 51.9 Å². The van der Waals surface area contributed by atoms with E-state index in [1.807, 2.05) is 36.4 Å². The number of hydrogen-bond donors (Lipinski definition) is 0. The van der Waals surface area contributed by atoms with Crippen LogP contribution in [0, 0.1) is 28.6 Å². The number of carbonyl (C=O) groups excluding carboxylic acids is 3. The molecule has 0 saturated carbocycles. The molecule has 260 valence electrons. The molecule has 2 unspecified atom stereocenters. The molecule has 0 fully saturated rings. The van der Waals surface area contributed by atoms with Gasteiger partial charge in [-0.05, 0) is 43.3 Å². The van der Waals surface area contributed by atoms with E-state index in [1.165, 1.54) is 56.9 Å². The van der Waals surface area contributed by atoms with Crippen LogP contribution in [-0.4, -0.2) is 52.9 Å². The fraction of sp³-hybridized carbons (Fsp3) is 0.564. The molecule has 2 heterocycles. The topological polar surface area (TPSA) is 97.6 Å². The number of thiazole rings is 1. The van der Waals surface area contributed by atoms with E-state index in [4.69, 9.17) is 4.98 Å². The molecule has 1 aromatic heterocycles. The van der Waals surface area contributed by atoms with Gasteiger partial charge in [0.05, 0.1) is 10.6 Å². The number of rotatable bonds is 16. The largest absolute Gasteiger partial charge is 0.348 e. The Bertz CT molecular complexity index is 1510. The molecule has 0 saturated heterocycles. The summed E-state index contributed by atoms with van der Waals surface area (Å²) in [5.74, 6) is -0.773. The van der Waals surface area contributed by atoms with Gasteiger partial charge in [-0.2, -0.15) is 10.3 Å². The summed E-state index contributed by atoms with van der Waals surface area (Å²) in [4.78, 5) is 49.3. The molecule has 0 N–H and O–H groups in total. The van der Waals surface area contributed by atoms with E-state index < -0.39 is 23.1 Å². The van der Waals surface area contributed by atoms with Gasteiger partial charge in [-0.15, -0.1) is 0 Å². The number of anilines is 1. The lowest BCUT2D eigenvalue weighted by Crippen LogP contribution is -2.56. The van der Waals surface area contributed by atoms with Gasteiger partial charge < -0.3 is 4.90 Å². The van der Waals surface area contributed by atoms with Crippen molar-refractivity contribution in [3.8, 4) is 17.3 Å². The average Bonchev–Trinajstić information content (AvgIpc) is 3.49. The fourth-order valence-corrected chi connectivity index (χ4v) is 7.14. The molecule has 8 nitrogen and oxygen atoms in total. The molecule has 0 bridgehead atoms. The average molecular weight is 674 g/mol. The highest BCUT2D eigenvalue weighted by Crippen LogP contribution is 2.38. The predicted octanol–water partition coefficient (Wildman–Crippen LogP) is 9.06. The quantitative estimate of drug-likeness (QED) is 0.130. The third-order valence-electron chi connectivity index (χ3n) is 9.23. The Kier molecular flexibility index (Phi) is 14.2. The summed E-state index contributed by atoms with van der Waals surface area (Å²) < 4.78 is 0. The molecular weight excluding hydrogens is 619 g/mol. The van der Waals surface area contributed by atoms with Gasteiger partial charge in [0.25, 0.3) is 11.8 Å². The maximum atomic E-state index is 14.1. The number of aromatic nitrogens is 1. The van der Waals surface area contributed by atoms with Crippen molar-refractivity contribution in [1.29, 1.82) is 5.26 Å². The van der Waals surface area contributed by atoms with Crippen LogP contribution in [0.4, 0.5) is 5.13 Å². The van der Waals surface area contributed by atoms with Crippen molar-refractivity contribution < 1.29 is 14.4 Å². The van der Waals surface area contributed by atoms with Crippen molar-refractivity contribution in [2.45, 2.75) is 107 Å². The Labute approximate surface area is 292 Å². The zero-order valence-electron chi connectivity index (χ0n) is 30.6. The SMILES string of the molecule is CCCCC(CC)CN(CC(CC)CCCC)c1nc(-c2ccccc2)c(/C=C2\C(=O)N(N(C)C(=O)C(C)(C)C)C(=O)C(C#N)=C2C)s1. The summed E-state index contributed by atoms with van der Waals surface area (Å²) in [6, 6.07) is 11.9. The third kappa shape index (κ3) is 9.22. The van der Waals surface area contributed by atoms with E-state index in [0.29, 0.717) is 17.4 Å². The fourth-order valence-electron chi connectivity index (χ4n) is 6.09. The number of benzene rings is 1. The molecule has 0 aliphatic carbocycles. The molecule has 48 heavy (non-hydrogen) atoms. The van der Waals surface area contributed by atoms with Gasteiger partial charge in [0.2, 0.25) is 5.91 Å². The summed E-state index contributed by atoms with van der Waals surface area (Å²) in [5.41, 5.74) is 1.15. The van der Waals surface area contributed by atoms with Gasteiger partial charge in [-0.1, -0.05) is 129 Å². The zero-order chi connectivity index (χ0) is 35.6. The Morgan fingerprint density at radius 3 is 2.02 bits per heavy atom. The molecule has 1 aliphatic heterocycles. The van der Waals surface area contributed by atoms with E-state index in [2.05, 4.69) is 32.6 Å². The van der Waals surface area contributed by atoms with Crippen LogP contribution in [0.5, 0.6) is 0 Å². The second kappa shape index (κ2) is 17.6. The molecule has 9 heteroatoms. The molecule has 0 radical (unpaired) electrons. The number of hydrogen-bond acceptors (Lipinski definition) is 7. The molecule has 0 spiro atoms. The molecule has 1 aromatic carbocycles. The number of hydrazine groups is 1. The molecule has 3 amide bonds. The molecule has 1 aliphatic rings. The second-order valence-electron chi connectivity index (χ2n) is 14.0. The lowest BCUT2D eigenvalue weighted by Gasteiger charge is -2.36. The van der Waals surface area contributed by atoms with E-state index in [0.717, 1.165) is 57.2 Å². The van der Waals surface area contributed by atoms with Crippen LogP contribution in [0.2, 0.25) is 0 Å². The van der Waals surface area contributed by atoms with E-state index in [9.17, 15) is 19.6 Å². The van der Waals surface area contributed by atoms with Crippen molar-refractivity contribution in [2.75, 3.05) is 25.0 Å². The van der Waals surface area contributed by atoms with E-state index >= 15 is 0 Å². The van der Waals surface area contributed by atoms with Crippen LogP contribution in [0.3, 0.4) is 0 Å². The van der Waals surface area contributed by atoms with Gasteiger partial charge in [0.15, 0.2) is 5.13 Å². The van der Waals surface area contributed by atoms with Crippen LogP contribution < -0.4 is 4.90 Å². The highest BCUT2D eigenvalue weighted by atomic mass is 32.1. The van der Waals surface area contributed by atoms with Crippen molar-refractivity contribution >= 4 is 40.3 Å². The van der Waals surface area contributed by atoms with E-state index in [1.54, 1.807) is 33.8 Å². The third-order valence-corrected chi connectivity index (χ3v) is 10.3. The molecular formula is C39H55N5O3S. The van der Waals surface area contributed by atoms with Crippen LogP contribution in [0.1, 0.15) is 112 Å². The smallest absolute Gasteiger partial charge is 0.290 e. The Hall–Kier alpha value is -3.77. The maximum Gasteiger partial charge on any atom is 0.290 e. The normalized spacial score (nSPS) is 15.9. The minimum atomic E-state index is -0.848. The van der Waals surface area contributed by atoms with Gasteiger partial charge in [0, 0.05) is 36.7 Å². The second-order valence-corrected chi connectivity index (χ2v) is 15.0. The number of carbonyl (C=O) groups is 3. The number of imide groups is 1. The standard InChI is InChI=1S/C39H55N5O3S/c1-10-14-19-28(12-3)25-43(26-29(13-4)20-15-11-2)38-41-34(30-21-17-16-18-22-30)33(48-38)23-31-27(5)32(24-40)36(46)44(35(31)45)42(9)37(47)39(6,7)8/h16-18,21-23,28-29H,10-15,19-20,25-26H2,1-9H3/b31-23-. The first-order chi connectivity index (χ1) is 22.8. The summed E-state index contributed by atoms with van der Waals surface area (Å²) in [5, 5.41) is 12.8. The Morgan fingerprint density at radius 1 is 0.979 bits per heavy atom. The summed E-state index contributed by atoms with van der Waals surface area (Å²) >= 11 is 1.54. The summed E-state index contributed by atoms with van der Waals surface area (Å²) in [6.07, 6.45) is 11.0. The molecule has 2 atom stereocenters. The Morgan fingerprint density at radius 2 is 1.54 bits per heavy atom. The minimum Gasteiger partial charge on any atom is -0.348 e. The minimum absolute atomic E-state index is 0.162. The van der Waals surface area contributed by atoms with Crippen LogP contribution in [0.25, 0.3) is 17.3 Å². The van der Waals surface area contributed by atoms with Crippen molar-refractivity contribution in [3.63, 3.8) is 0 Å². The predicted molar refractivity (Wildman–Crippen MR) is 197 cm³/mol. The van der Waals surface area contributed by atoms with Crippen LogP contribution >= 0.6 is 11.3 Å². The van der Waals surface area contributed by atoms with Gasteiger partial charge in [-0.3, -0.25) is 14.4 Å².